The summed E-state index contributed by atoms with van der Waals surface area (Å²) < 4.78 is 0.962. The zero-order chi connectivity index (χ0) is 12.0. The van der Waals surface area contributed by atoms with Gasteiger partial charge in [0, 0.05) is 27.7 Å². The number of hydrogen-bond donors (Lipinski definition) is 2. The van der Waals surface area contributed by atoms with Gasteiger partial charge in [0.25, 0.3) is 0 Å². The second kappa shape index (κ2) is 3.60. The molecule has 3 nitrogen and oxygen atoms in total. The summed E-state index contributed by atoms with van der Waals surface area (Å²) in [5, 5.41) is 10.4. The number of benzene rings is 2. The number of pyridine rings is 1. The molecule has 4 heteroatoms. The van der Waals surface area contributed by atoms with Crippen LogP contribution in [-0.2, 0) is 0 Å². The highest BCUT2D eigenvalue weighted by Crippen LogP contribution is 2.26. The minimum absolute atomic E-state index is 0.0183. The maximum Gasteiger partial charge on any atom is 0.191 e. The summed E-state index contributed by atoms with van der Waals surface area (Å²) in [6.07, 6.45) is 0. The molecular formula is C13H8BrNO2. The lowest BCUT2D eigenvalue weighted by Gasteiger charge is -2.08. The number of phenolic OH excluding ortho intramolecular Hbond substituents is 1. The van der Waals surface area contributed by atoms with Crippen LogP contribution in [0.1, 0.15) is 0 Å². The van der Waals surface area contributed by atoms with E-state index < -0.39 is 0 Å². The van der Waals surface area contributed by atoms with Gasteiger partial charge in [0.05, 0.1) is 5.69 Å². The van der Waals surface area contributed by atoms with Crippen molar-refractivity contribution in [2.45, 2.75) is 0 Å². The third-order valence-corrected chi connectivity index (χ3v) is 3.20. The molecule has 0 amide bonds. The van der Waals surface area contributed by atoms with E-state index in [0.29, 0.717) is 11.3 Å². The van der Waals surface area contributed by atoms with Crippen LogP contribution in [0, 0.1) is 0 Å². The Bertz CT molecular complexity index is 748. The molecule has 1 aromatic carbocycles. The maximum atomic E-state index is 11.7. The number of aromatic hydroxyl groups is 1. The molecule has 0 unspecified atom stereocenters. The Morgan fingerprint density at radius 2 is 1.94 bits per heavy atom. The highest BCUT2D eigenvalue weighted by Gasteiger charge is 2.09. The minimum Gasteiger partial charge on any atom is -0.508 e. The largest absolute Gasteiger partial charge is 0.508 e. The summed E-state index contributed by atoms with van der Waals surface area (Å²) in [5.74, 6) is -0.0183. The quantitative estimate of drug-likeness (QED) is 0.625. The molecule has 0 saturated heterocycles. The van der Waals surface area contributed by atoms with Crippen molar-refractivity contribution in [3.05, 3.63) is 51.1 Å². The number of rotatable bonds is 0. The molecule has 2 aliphatic rings. The van der Waals surface area contributed by atoms with E-state index in [1.807, 2.05) is 24.3 Å². The van der Waals surface area contributed by atoms with Crippen molar-refractivity contribution in [1.82, 2.24) is 4.98 Å². The molecule has 3 rings (SSSR count). The van der Waals surface area contributed by atoms with Crippen LogP contribution in [0.2, 0.25) is 0 Å². The number of halogens is 1. The SMILES string of the molecule is O=c1cc(O)cc2[nH]c3ccc(Br)cc3cc1-2. The van der Waals surface area contributed by atoms with Gasteiger partial charge in [-0.1, -0.05) is 15.9 Å². The Kier molecular flexibility index (Phi) is 2.19. The predicted octanol–water partition coefficient (Wildman–Crippen LogP) is 3.10. The summed E-state index contributed by atoms with van der Waals surface area (Å²) in [5.41, 5.74) is 1.96. The lowest BCUT2D eigenvalue weighted by atomic mass is 10.1. The van der Waals surface area contributed by atoms with Gasteiger partial charge in [0.2, 0.25) is 0 Å². The van der Waals surface area contributed by atoms with Gasteiger partial charge in [0.15, 0.2) is 5.43 Å². The van der Waals surface area contributed by atoms with Gasteiger partial charge in [-0.15, -0.1) is 0 Å². The summed E-state index contributed by atoms with van der Waals surface area (Å²) in [6, 6.07) is 10.4. The van der Waals surface area contributed by atoms with Gasteiger partial charge in [-0.2, -0.15) is 0 Å². The fourth-order valence-electron chi connectivity index (χ4n) is 1.93. The van der Waals surface area contributed by atoms with Crippen molar-refractivity contribution in [3.63, 3.8) is 0 Å². The first-order valence-corrected chi connectivity index (χ1v) is 5.88. The molecule has 2 N–H and O–H groups in total. The lowest BCUT2D eigenvalue weighted by molar-refractivity contribution is 0.475. The van der Waals surface area contributed by atoms with Crippen molar-refractivity contribution >= 4 is 26.8 Å². The molecule has 0 radical (unpaired) electrons. The Morgan fingerprint density at radius 1 is 1.12 bits per heavy atom. The van der Waals surface area contributed by atoms with Gasteiger partial charge in [-0.3, -0.25) is 4.79 Å². The summed E-state index contributed by atoms with van der Waals surface area (Å²) in [6.45, 7) is 0. The molecule has 0 spiro atoms. The zero-order valence-electron chi connectivity index (χ0n) is 8.70. The molecule has 1 aromatic rings. The van der Waals surface area contributed by atoms with Gasteiger partial charge in [-0.25, -0.2) is 0 Å². The molecule has 0 bridgehead atoms. The summed E-state index contributed by atoms with van der Waals surface area (Å²) in [4.78, 5) is 14.9. The average Bonchev–Trinajstić information content (AvgIpc) is 2.27. The fourth-order valence-corrected chi connectivity index (χ4v) is 2.31. The number of aromatic nitrogens is 1. The smallest absolute Gasteiger partial charge is 0.191 e. The van der Waals surface area contributed by atoms with Crippen LogP contribution in [0.15, 0.2) is 45.7 Å². The lowest BCUT2D eigenvalue weighted by Crippen LogP contribution is -2.05. The van der Waals surface area contributed by atoms with Crippen LogP contribution in [0.25, 0.3) is 22.2 Å². The predicted molar refractivity (Wildman–Crippen MR) is 70.6 cm³/mol. The number of nitrogens with one attached hydrogen (secondary N) is 1. The third kappa shape index (κ3) is 1.70. The first kappa shape index (κ1) is 10.4. The van der Waals surface area contributed by atoms with E-state index in [-0.39, 0.29) is 11.2 Å². The Labute approximate surface area is 105 Å². The van der Waals surface area contributed by atoms with Crippen LogP contribution in [-0.4, -0.2) is 10.1 Å². The number of H-pyrrole nitrogens is 1. The Hall–Kier alpha value is -1.81. The van der Waals surface area contributed by atoms with Crippen molar-refractivity contribution in [2.24, 2.45) is 0 Å². The molecule has 0 atom stereocenters. The van der Waals surface area contributed by atoms with Crippen LogP contribution in [0.5, 0.6) is 5.75 Å². The van der Waals surface area contributed by atoms with Crippen LogP contribution < -0.4 is 5.43 Å². The molecular weight excluding hydrogens is 282 g/mol. The third-order valence-electron chi connectivity index (χ3n) is 2.71. The molecule has 1 heterocycles. The van der Waals surface area contributed by atoms with Crippen LogP contribution in [0.4, 0.5) is 0 Å². The molecule has 0 fully saturated rings. The van der Waals surface area contributed by atoms with E-state index in [1.54, 1.807) is 6.07 Å². The zero-order valence-corrected chi connectivity index (χ0v) is 10.3. The first-order chi connectivity index (χ1) is 8.13. The van der Waals surface area contributed by atoms with E-state index in [1.165, 1.54) is 6.07 Å². The Balaban J connectivity index is 2.49. The number of phenols is 1. The van der Waals surface area contributed by atoms with E-state index in [2.05, 4.69) is 20.9 Å². The van der Waals surface area contributed by atoms with Gasteiger partial charge in [0.1, 0.15) is 5.75 Å². The summed E-state index contributed by atoms with van der Waals surface area (Å²) in [7, 11) is 0. The van der Waals surface area contributed by atoms with Gasteiger partial charge >= 0.3 is 0 Å². The molecule has 84 valence electrons. The van der Waals surface area contributed by atoms with E-state index in [4.69, 9.17) is 0 Å². The van der Waals surface area contributed by atoms with Crippen LogP contribution in [0.3, 0.4) is 0 Å². The second-order valence-electron chi connectivity index (χ2n) is 3.91. The molecule has 0 aromatic heterocycles. The van der Waals surface area contributed by atoms with Crippen LogP contribution >= 0.6 is 15.9 Å². The highest BCUT2D eigenvalue weighted by atomic mass is 79.9. The van der Waals surface area contributed by atoms with E-state index in [9.17, 15) is 9.90 Å². The Morgan fingerprint density at radius 3 is 2.76 bits per heavy atom. The molecule has 17 heavy (non-hydrogen) atoms. The number of aromatic amines is 1. The average molecular weight is 290 g/mol. The van der Waals surface area contributed by atoms with E-state index in [0.717, 1.165) is 15.4 Å². The normalized spacial score (nSPS) is 11.1. The van der Waals surface area contributed by atoms with Gasteiger partial charge < -0.3 is 10.1 Å². The maximum absolute atomic E-state index is 11.7. The molecule has 1 aliphatic carbocycles. The fraction of sp³-hybridized carbons (Fsp3) is 0. The highest BCUT2D eigenvalue weighted by molar-refractivity contribution is 9.10. The first-order valence-electron chi connectivity index (χ1n) is 5.09. The van der Waals surface area contributed by atoms with Crippen molar-refractivity contribution in [1.29, 1.82) is 0 Å². The standard InChI is InChI=1S/C13H8BrNO2/c14-8-1-2-11-7(3-8)4-10-12(15-11)5-9(16)6-13(10)17/h1-6,15-16H. The molecule has 1 aliphatic heterocycles. The monoisotopic (exact) mass is 289 g/mol. The molecule has 0 saturated carbocycles. The second-order valence-corrected chi connectivity index (χ2v) is 4.82. The van der Waals surface area contributed by atoms with Gasteiger partial charge in [-0.05, 0) is 29.7 Å². The van der Waals surface area contributed by atoms with E-state index >= 15 is 0 Å². The minimum atomic E-state index is -0.182. The topological polar surface area (TPSA) is 53.1 Å². The number of fused-ring (bicyclic) bond motifs is 2. The van der Waals surface area contributed by atoms with Crippen molar-refractivity contribution in [3.8, 4) is 17.0 Å². The number of hydrogen-bond acceptors (Lipinski definition) is 2. The van der Waals surface area contributed by atoms with Crippen molar-refractivity contribution < 1.29 is 5.11 Å². The summed E-state index contributed by atoms with van der Waals surface area (Å²) >= 11 is 3.39. The van der Waals surface area contributed by atoms with Crippen molar-refractivity contribution in [2.75, 3.05) is 0 Å².